The van der Waals surface area contributed by atoms with Gasteiger partial charge in [-0.25, -0.2) is 9.79 Å². The predicted octanol–water partition coefficient (Wildman–Crippen LogP) is 5.28. The number of esters is 1. The quantitative estimate of drug-likeness (QED) is 0.249. The summed E-state index contributed by atoms with van der Waals surface area (Å²) in [5.74, 6) is 0.453. The fraction of sp³-hybridized carbons (Fsp3) is 0.161. The molecule has 5 rings (SSSR count). The van der Waals surface area contributed by atoms with E-state index in [9.17, 15) is 14.9 Å². The molecule has 3 aromatic carbocycles. The molecule has 0 saturated carbocycles. The third-order valence-corrected chi connectivity index (χ3v) is 8.53. The summed E-state index contributed by atoms with van der Waals surface area (Å²) in [6.45, 7) is 1.94. The highest BCUT2D eigenvalue weighted by Gasteiger charge is 2.35. The topological polar surface area (TPSA) is 103 Å². The number of hydrogen-bond acceptors (Lipinski definition) is 8. The first-order valence-electron chi connectivity index (χ1n) is 12.6. The number of aromatic nitrogens is 1. The molecule has 0 amide bonds. The summed E-state index contributed by atoms with van der Waals surface area (Å²) in [4.78, 5) is 31.9. The van der Waals surface area contributed by atoms with Gasteiger partial charge in [-0.3, -0.25) is 9.36 Å². The maximum atomic E-state index is 13.9. The summed E-state index contributed by atoms with van der Waals surface area (Å²) < 4.78 is 19.2. The Balaban J connectivity index is 1.56. The van der Waals surface area contributed by atoms with E-state index < -0.39 is 12.0 Å². The summed E-state index contributed by atoms with van der Waals surface area (Å²) in [6.07, 6.45) is 1.76. The van der Waals surface area contributed by atoms with Gasteiger partial charge in [0.15, 0.2) is 4.80 Å². The Morgan fingerprint density at radius 1 is 1.17 bits per heavy atom. The molecule has 0 saturated heterocycles. The van der Waals surface area contributed by atoms with Gasteiger partial charge in [-0.15, -0.1) is 0 Å². The molecule has 8 nitrogen and oxygen atoms in total. The third-order valence-electron chi connectivity index (χ3n) is 6.69. The number of fused-ring (bicyclic) bond motifs is 1. The molecule has 0 unspecified atom stereocenters. The van der Waals surface area contributed by atoms with Crippen LogP contribution in [0, 0.1) is 11.3 Å². The van der Waals surface area contributed by atoms with E-state index in [1.807, 2.05) is 30.3 Å². The lowest BCUT2D eigenvalue weighted by atomic mass is 9.95. The zero-order chi connectivity index (χ0) is 30.0. The number of allylic oxidation sites excluding steroid dienone is 1. The van der Waals surface area contributed by atoms with Crippen LogP contribution in [0.15, 0.2) is 86.2 Å². The van der Waals surface area contributed by atoms with Gasteiger partial charge in [0.05, 0.1) is 46.1 Å². The first-order chi connectivity index (χ1) is 20.2. The molecule has 42 heavy (non-hydrogen) atoms. The van der Waals surface area contributed by atoms with Crippen LogP contribution < -0.4 is 24.4 Å². The molecule has 0 radical (unpaired) electrons. The lowest BCUT2D eigenvalue weighted by Gasteiger charge is -2.25. The SMILES string of the molecule is COC(=O)C1=C(C)N=c2s/c(=C\c3ccc(OCc4ccccc4C#N)c(Br)c3)c(=O)n2[C@H]1c1cc(Cl)ccc1OC. The fourth-order valence-corrected chi connectivity index (χ4v) is 6.43. The number of benzene rings is 3. The minimum absolute atomic E-state index is 0.222. The first-order valence-corrected chi connectivity index (χ1v) is 14.6. The highest BCUT2D eigenvalue weighted by Crippen LogP contribution is 2.37. The van der Waals surface area contributed by atoms with Crippen LogP contribution in [0.25, 0.3) is 6.08 Å². The minimum atomic E-state index is -0.858. The molecule has 0 N–H and O–H groups in total. The second kappa shape index (κ2) is 12.4. The van der Waals surface area contributed by atoms with Crippen molar-refractivity contribution in [3.63, 3.8) is 0 Å². The summed E-state index contributed by atoms with van der Waals surface area (Å²) in [5, 5.41) is 9.75. The summed E-state index contributed by atoms with van der Waals surface area (Å²) in [6, 6.07) is 19.1. The zero-order valence-electron chi connectivity index (χ0n) is 22.7. The molecule has 0 aliphatic carbocycles. The van der Waals surface area contributed by atoms with Gasteiger partial charge in [0, 0.05) is 16.1 Å². The molecule has 1 atom stereocenters. The van der Waals surface area contributed by atoms with Crippen molar-refractivity contribution in [1.82, 2.24) is 4.57 Å². The smallest absolute Gasteiger partial charge is 0.338 e. The van der Waals surface area contributed by atoms with E-state index in [0.717, 1.165) is 11.1 Å². The molecule has 1 aliphatic heterocycles. The van der Waals surface area contributed by atoms with Gasteiger partial charge < -0.3 is 14.2 Å². The molecule has 11 heteroatoms. The average molecular weight is 665 g/mol. The molecule has 212 valence electrons. The first kappa shape index (κ1) is 29.3. The van der Waals surface area contributed by atoms with Crippen LogP contribution in [0.3, 0.4) is 0 Å². The minimum Gasteiger partial charge on any atom is -0.496 e. The lowest BCUT2D eigenvalue weighted by molar-refractivity contribution is -0.136. The highest BCUT2D eigenvalue weighted by atomic mass is 79.9. The summed E-state index contributed by atoms with van der Waals surface area (Å²) in [7, 11) is 2.80. The second-order valence-corrected chi connectivity index (χ2v) is 11.5. The standard InChI is InChI=1S/C31H23BrClN3O5S/c1-17-27(30(38)40-3)28(22-14-21(33)9-11-24(22)39-2)36-29(37)26(42-31(36)35-17)13-18-8-10-25(23(32)12-18)41-16-20-7-5-4-6-19(20)15-34/h4-14,28H,16H2,1-3H3/b26-13-/t28-/m0/s1. The van der Waals surface area contributed by atoms with E-state index in [0.29, 0.717) is 47.2 Å². The Morgan fingerprint density at radius 3 is 2.64 bits per heavy atom. The number of nitriles is 1. The van der Waals surface area contributed by atoms with Gasteiger partial charge >= 0.3 is 5.97 Å². The number of ether oxygens (including phenoxy) is 3. The average Bonchev–Trinajstić information content (AvgIpc) is 3.29. The van der Waals surface area contributed by atoms with Gasteiger partial charge in [-0.2, -0.15) is 5.26 Å². The number of halogens is 2. The van der Waals surface area contributed by atoms with Crippen LogP contribution in [-0.2, 0) is 16.1 Å². The van der Waals surface area contributed by atoms with Crippen molar-refractivity contribution in [1.29, 1.82) is 5.26 Å². The van der Waals surface area contributed by atoms with Gasteiger partial charge in [0.1, 0.15) is 24.1 Å². The molecule has 0 bridgehead atoms. The Morgan fingerprint density at radius 2 is 1.93 bits per heavy atom. The number of nitrogens with zero attached hydrogens (tertiary/aromatic N) is 3. The normalized spacial score (nSPS) is 14.6. The van der Waals surface area contributed by atoms with Crippen LogP contribution in [-0.4, -0.2) is 24.8 Å². The van der Waals surface area contributed by atoms with Crippen LogP contribution in [0.1, 0.15) is 35.2 Å². The van der Waals surface area contributed by atoms with Crippen LogP contribution >= 0.6 is 38.9 Å². The maximum Gasteiger partial charge on any atom is 0.338 e. The van der Waals surface area contributed by atoms with E-state index in [4.69, 9.17) is 25.8 Å². The molecular weight excluding hydrogens is 642 g/mol. The molecular formula is C31H23BrClN3O5S. The molecule has 2 heterocycles. The Labute approximate surface area is 258 Å². The summed E-state index contributed by atoms with van der Waals surface area (Å²) >= 11 is 11.1. The van der Waals surface area contributed by atoms with Gasteiger partial charge in [-0.1, -0.05) is 47.2 Å². The number of methoxy groups -OCH3 is 2. The predicted molar refractivity (Wildman–Crippen MR) is 163 cm³/mol. The number of carbonyl (C=O) groups excluding carboxylic acids is 1. The van der Waals surface area contributed by atoms with E-state index in [1.54, 1.807) is 43.3 Å². The molecule has 4 aromatic rings. The molecule has 1 aromatic heterocycles. The maximum absolute atomic E-state index is 13.9. The third kappa shape index (κ3) is 5.63. The van der Waals surface area contributed by atoms with E-state index in [1.165, 1.54) is 30.1 Å². The Hall–Kier alpha value is -4.17. The van der Waals surface area contributed by atoms with Gasteiger partial charge in [-0.05, 0) is 70.9 Å². The van der Waals surface area contributed by atoms with Crippen molar-refractivity contribution in [3.8, 4) is 17.6 Å². The monoisotopic (exact) mass is 663 g/mol. The largest absolute Gasteiger partial charge is 0.496 e. The number of hydrogen-bond donors (Lipinski definition) is 0. The second-order valence-electron chi connectivity index (χ2n) is 9.21. The number of carbonyl (C=O) groups is 1. The van der Waals surface area contributed by atoms with Crippen LogP contribution in [0.5, 0.6) is 11.5 Å². The summed E-state index contributed by atoms with van der Waals surface area (Å²) in [5.41, 5.74) is 2.95. The number of thiazole rings is 1. The zero-order valence-corrected chi connectivity index (χ0v) is 25.8. The van der Waals surface area contributed by atoms with E-state index in [2.05, 4.69) is 27.0 Å². The van der Waals surface area contributed by atoms with Crippen molar-refractivity contribution in [2.75, 3.05) is 14.2 Å². The van der Waals surface area contributed by atoms with Crippen molar-refractivity contribution in [3.05, 3.63) is 123 Å². The van der Waals surface area contributed by atoms with Gasteiger partial charge in [0.25, 0.3) is 5.56 Å². The van der Waals surface area contributed by atoms with Crippen molar-refractivity contribution < 1.29 is 19.0 Å². The van der Waals surface area contributed by atoms with Crippen molar-refractivity contribution in [2.24, 2.45) is 4.99 Å². The molecule has 0 spiro atoms. The molecule has 1 aliphatic rings. The van der Waals surface area contributed by atoms with E-state index in [-0.39, 0.29) is 17.7 Å². The Kier molecular flexibility index (Phi) is 8.64. The lowest BCUT2D eigenvalue weighted by Crippen LogP contribution is -2.40. The Bertz CT molecular complexity index is 1980. The van der Waals surface area contributed by atoms with Crippen molar-refractivity contribution >= 4 is 50.9 Å². The van der Waals surface area contributed by atoms with Crippen molar-refractivity contribution in [2.45, 2.75) is 19.6 Å². The van der Waals surface area contributed by atoms with E-state index >= 15 is 0 Å². The van der Waals surface area contributed by atoms with Crippen LogP contribution in [0.2, 0.25) is 5.02 Å². The van der Waals surface area contributed by atoms with Gasteiger partial charge in [0.2, 0.25) is 0 Å². The van der Waals surface area contributed by atoms with Crippen LogP contribution in [0.4, 0.5) is 0 Å². The highest BCUT2D eigenvalue weighted by molar-refractivity contribution is 9.10. The fourth-order valence-electron chi connectivity index (χ4n) is 4.69. The molecule has 0 fully saturated rings. The number of rotatable bonds is 7.